The van der Waals surface area contributed by atoms with Gasteiger partial charge in [-0.2, -0.15) is 4.98 Å². The van der Waals surface area contributed by atoms with Gasteiger partial charge in [-0.1, -0.05) is 37.6 Å². The molecule has 0 N–H and O–H groups in total. The molecule has 0 aliphatic carbocycles. The van der Waals surface area contributed by atoms with Crippen LogP contribution < -0.4 is 4.90 Å². The molecule has 0 fully saturated rings. The lowest BCUT2D eigenvalue weighted by Gasteiger charge is -2.20. The highest BCUT2D eigenvalue weighted by molar-refractivity contribution is 5.93. The molecule has 4 aromatic rings. The Morgan fingerprint density at radius 2 is 1.92 bits per heavy atom. The minimum Gasteiger partial charge on any atom is -0.329 e. The molecule has 4 rings (SSSR count). The fraction of sp³-hybridized carbons (Fsp3) is 0.211. The van der Waals surface area contributed by atoms with Crippen molar-refractivity contribution in [1.29, 1.82) is 0 Å². The van der Waals surface area contributed by atoms with E-state index in [1.54, 1.807) is 6.33 Å². The highest BCUT2D eigenvalue weighted by Crippen LogP contribution is 2.30. The van der Waals surface area contributed by atoms with Gasteiger partial charge in [0, 0.05) is 18.1 Å². The van der Waals surface area contributed by atoms with Crippen LogP contribution in [-0.4, -0.2) is 26.6 Å². The van der Waals surface area contributed by atoms with Gasteiger partial charge in [-0.05, 0) is 36.2 Å². The van der Waals surface area contributed by atoms with Gasteiger partial charge in [0.05, 0.1) is 5.52 Å². The molecule has 0 amide bonds. The van der Waals surface area contributed by atoms with E-state index in [4.69, 9.17) is 4.98 Å². The van der Waals surface area contributed by atoms with Gasteiger partial charge in [-0.3, -0.25) is 4.40 Å². The molecule has 0 atom stereocenters. The Kier molecular flexibility index (Phi) is 3.61. The number of benzene rings is 2. The van der Waals surface area contributed by atoms with E-state index in [0.29, 0.717) is 5.78 Å². The predicted molar refractivity (Wildman–Crippen MR) is 96.8 cm³/mol. The maximum Gasteiger partial charge on any atom is 0.257 e. The van der Waals surface area contributed by atoms with Gasteiger partial charge in [0.1, 0.15) is 12.1 Å². The molecule has 2 heterocycles. The lowest BCUT2D eigenvalue weighted by Crippen LogP contribution is -2.13. The number of fused-ring (bicyclic) bond motifs is 3. The third-order valence-corrected chi connectivity index (χ3v) is 4.30. The summed E-state index contributed by atoms with van der Waals surface area (Å²) < 4.78 is 1.96. The Balaban J connectivity index is 1.97. The van der Waals surface area contributed by atoms with Gasteiger partial charge in [-0.15, -0.1) is 10.2 Å². The predicted octanol–water partition coefficient (Wildman–Crippen LogP) is 4.00. The van der Waals surface area contributed by atoms with Crippen molar-refractivity contribution in [1.82, 2.24) is 19.6 Å². The van der Waals surface area contributed by atoms with Crippen LogP contribution in [0, 0.1) is 0 Å². The first-order chi connectivity index (χ1) is 11.8. The lowest BCUT2D eigenvalue weighted by molar-refractivity contribution is 0.922. The first-order valence-electron chi connectivity index (χ1n) is 8.19. The summed E-state index contributed by atoms with van der Waals surface area (Å²) in [5.41, 5.74) is 3.50. The van der Waals surface area contributed by atoms with Crippen LogP contribution in [-0.2, 0) is 6.42 Å². The summed E-state index contributed by atoms with van der Waals surface area (Å²) in [7, 11) is 2.03. The molecular weight excluding hydrogens is 298 g/mol. The molecule has 0 bridgehead atoms. The number of rotatable bonds is 4. The van der Waals surface area contributed by atoms with E-state index in [9.17, 15) is 0 Å². The van der Waals surface area contributed by atoms with E-state index < -0.39 is 0 Å². The largest absolute Gasteiger partial charge is 0.329 e. The Hall–Kier alpha value is -2.95. The summed E-state index contributed by atoms with van der Waals surface area (Å²) in [5, 5.41) is 9.28. The number of hydrogen-bond acceptors (Lipinski definition) is 4. The average molecular weight is 317 g/mol. The molecule has 5 heteroatoms. The van der Waals surface area contributed by atoms with Crippen LogP contribution in [0.5, 0.6) is 0 Å². The SMILES string of the molecule is CCCc1ccc2c(N(C)c3ccccc3)nc3nncn3c2c1. The standard InChI is InChI=1S/C19H19N5/c1-3-7-14-10-11-16-17(12-14)24-13-20-22-19(24)21-18(16)23(2)15-8-5-4-6-9-15/h4-6,8-13H,3,7H2,1-2H3. The van der Waals surface area contributed by atoms with E-state index in [1.165, 1.54) is 5.56 Å². The summed E-state index contributed by atoms with van der Waals surface area (Å²) in [6, 6.07) is 16.8. The van der Waals surface area contributed by atoms with E-state index in [0.717, 1.165) is 35.2 Å². The molecule has 2 aromatic heterocycles. The Bertz CT molecular complexity index is 991. The molecule has 0 radical (unpaired) electrons. The fourth-order valence-electron chi connectivity index (χ4n) is 3.07. The molecule has 5 nitrogen and oxygen atoms in total. The topological polar surface area (TPSA) is 46.3 Å². The third kappa shape index (κ3) is 2.38. The third-order valence-electron chi connectivity index (χ3n) is 4.30. The Morgan fingerprint density at radius 3 is 2.71 bits per heavy atom. The van der Waals surface area contributed by atoms with Crippen LogP contribution in [0.1, 0.15) is 18.9 Å². The van der Waals surface area contributed by atoms with Crippen molar-refractivity contribution in [2.24, 2.45) is 0 Å². The van der Waals surface area contributed by atoms with Crippen molar-refractivity contribution >= 4 is 28.2 Å². The second kappa shape index (κ2) is 5.92. The summed E-state index contributed by atoms with van der Waals surface area (Å²) in [4.78, 5) is 6.82. The van der Waals surface area contributed by atoms with Gasteiger partial charge in [0.2, 0.25) is 0 Å². The molecule has 120 valence electrons. The van der Waals surface area contributed by atoms with Gasteiger partial charge in [0.25, 0.3) is 5.78 Å². The summed E-state index contributed by atoms with van der Waals surface area (Å²) in [6.07, 6.45) is 3.91. The maximum atomic E-state index is 4.73. The molecule has 0 unspecified atom stereocenters. The van der Waals surface area contributed by atoms with E-state index in [1.807, 2.05) is 29.6 Å². The monoisotopic (exact) mass is 317 g/mol. The normalized spacial score (nSPS) is 11.2. The van der Waals surface area contributed by atoms with Crippen molar-refractivity contribution in [3.05, 3.63) is 60.4 Å². The van der Waals surface area contributed by atoms with Crippen LogP contribution in [0.2, 0.25) is 0 Å². The number of hydrogen-bond donors (Lipinski definition) is 0. The maximum absolute atomic E-state index is 4.73. The van der Waals surface area contributed by atoms with Crippen LogP contribution in [0.4, 0.5) is 11.5 Å². The minimum atomic E-state index is 0.619. The summed E-state index contributed by atoms with van der Waals surface area (Å²) in [6.45, 7) is 2.19. The first kappa shape index (κ1) is 14.6. The van der Waals surface area contributed by atoms with E-state index in [-0.39, 0.29) is 0 Å². The van der Waals surface area contributed by atoms with Crippen LogP contribution in [0.3, 0.4) is 0 Å². The van der Waals surface area contributed by atoms with Gasteiger partial charge >= 0.3 is 0 Å². The zero-order valence-corrected chi connectivity index (χ0v) is 13.8. The highest BCUT2D eigenvalue weighted by atomic mass is 15.3. The molecule has 0 saturated carbocycles. The zero-order valence-electron chi connectivity index (χ0n) is 13.8. The average Bonchev–Trinajstić information content (AvgIpc) is 3.10. The fourth-order valence-corrected chi connectivity index (χ4v) is 3.07. The number of aromatic nitrogens is 4. The van der Waals surface area contributed by atoms with Crippen LogP contribution in [0.25, 0.3) is 16.7 Å². The first-order valence-corrected chi connectivity index (χ1v) is 8.19. The van der Waals surface area contributed by atoms with E-state index in [2.05, 4.69) is 52.4 Å². The second-order valence-corrected chi connectivity index (χ2v) is 5.93. The Labute approximate surface area is 140 Å². The van der Waals surface area contributed by atoms with Gasteiger partial charge < -0.3 is 4.90 Å². The van der Waals surface area contributed by atoms with Crippen molar-refractivity contribution in [2.45, 2.75) is 19.8 Å². The van der Waals surface area contributed by atoms with Crippen LogP contribution in [0.15, 0.2) is 54.9 Å². The van der Waals surface area contributed by atoms with E-state index >= 15 is 0 Å². The van der Waals surface area contributed by atoms with Crippen molar-refractivity contribution in [2.75, 3.05) is 11.9 Å². The van der Waals surface area contributed by atoms with Crippen LogP contribution >= 0.6 is 0 Å². The number of anilines is 2. The number of para-hydroxylation sites is 1. The summed E-state index contributed by atoms with van der Waals surface area (Å²) >= 11 is 0. The molecular formula is C19H19N5. The Morgan fingerprint density at radius 1 is 1.08 bits per heavy atom. The molecule has 0 spiro atoms. The quantitative estimate of drug-likeness (QED) is 0.571. The number of aryl methyl sites for hydroxylation is 1. The molecule has 0 aliphatic heterocycles. The highest BCUT2D eigenvalue weighted by Gasteiger charge is 2.14. The van der Waals surface area contributed by atoms with Crippen molar-refractivity contribution < 1.29 is 0 Å². The molecule has 0 aliphatic rings. The minimum absolute atomic E-state index is 0.619. The zero-order chi connectivity index (χ0) is 16.5. The number of nitrogens with zero attached hydrogens (tertiary/aromatic N) is 5. The van der Waals surface area contributed by atoms with Gasteiger partial charge in [0.15, 0.2) is 0 Å². The lowest BCUT2D eigenvalue weighted by atomic mass is 10.1. The smallest absolute Gasteiger partial charge is 0.257 e. The molecule has 24 heavy (non-hydrogen) atoms. The molecule has 2 aromatic carbocycles. The molecule has 0 saturated heterocycles. The van der Waals surface area contributed by atoms with Crippen molar-refractivity contribution in [3.8, 4) is 0 Å². The second-order valence-electron chi connectivity index (χ2n) is 5.93. The van der Waals surface area contributed by atoms with Gasteiger partial charge in [-0.25, -0.2) is 0 Å². The van der Waals surface area contributed by atoms with Crippen molar-refractivity contribution in [3.63, 3.8) is 0 Å². The summed E-state index contributed by atoms with van der Waals surface area (Å²) in [5.74, 6) is 1.51.